The van der Waals surface area contributed by atoms with Crippen molar-refractivity contribution in [1.82, 2.24) is 14.8 Å². The maximum Gasteiger partial charge on any atom is 0.254 e. The number of hydrogen-bond donors (Lipinski definition) is 0. The molecule has 0 N–H and O–H groups in total. The summed E-state index contributed by atoms with van der Waals surface area (Å²) in [5.74, 6) is -2.04. The largest absolute Gasteiger partial charge is 0.349 e. The lowest BCUT2D eigenvalue weighted by molar-refractivity contribution is -0.167. The van der Waals surface area contributed by atoms with Crippen LogP contribution in [0.5, 0.6) is 0 Å². The van der Waals surface area contributed by atoms with Gasteiger partial charge in [-0.2, -0.15) is 0 Å². The monoisotopic (exact) mass is 458 g/mol. The smallest absolute Gasteiger partial charge is 0.254 e. The summed E-state index contributed by atoms with van der Waals surface area (Å²) in [7, 11) is 3.31. The van der Waals surface area contributed by atoms with E-state index in [0.29, 0.717) is 10.6 Å². The highest BCUT2D eigenvalue weighted by Gasteiger charge is 2.62. The van der Waals surface area contributed by atoms with Crippen molar-refractivity contribution in [3.63, 3.8) is 0 Å². The van der Waals surface area contributed by atoms with Crippen LogP contribution in [0.4, 0.5) is 10.2 Å². The van der Waals surface area contributed by atoms with Crippen molar-refractivity contribution in [2.45, 2.75) is 31.8 Å². The molecular weight excluding hydrogens is 435 g/mol. The van der Waals surface area contributed by atoms with Crippen molar-refractivity contribution in [2.24, 2.45) is 5.92 Å². The zero-order chi connectivity index (χ0) is 23.2. The van der Waals surface area contributed by atoms with Gasteiger partial charge in [0.15, 0.2) is 11.6 Å². The zero-order valence-corrected chi connectivity index (χ0v) is 18.9. The lowest BCUT2D eigenvalue weighted by atomic mass is 9.64. The second-order valence-electron chi connectivity index (χ2n) is 8.69. The van der Waals surface area contributed by atoms with Crippen molar-refractivity contribution >= 4 is 35.1 Å². The molecule has 9 heteroatoms. The first kappa shape index (κ1) is 22.2. The van der Waals surface area contributed by atoms with Gasteiger partial charge in [-0.15, -0.1) is 0 Å². The van der Waals surface area contributed by atoms with Crippen LogP contribution in [0, 0.1) is 18.7 Å². The van der Waals surface area contributed by atoms with Crippen LogP contribution in [0.3, 0.4) is 0 Å². The minimum atomic E-state index is -1.22. The van der Waals surface area contributed by atoms with Crippen LogP contribution < -0.4 is 4.90 Å². The molecule has 0 unspecified atom stereocenters. The molecule has 1 spiro atoms. The third-order valence-corrected chi connectivity index (χ3v) is 6.43. The summed E-state index contributed by atoms with van der Waals surface area (Å²) in [6.07, 6.45) is 1.83. The highest BCUT2D eigenvalue weighted by Crippen LogP contribution is 2.47. The number of aryl methyl sites for hydroxylation is 1. The summed E-state index contributed by atoms with van der Waals surface area (Å²) >= 11 is 5.97. The van der Waals surface area contributed by atoms with E-state index in [4.69, 9.17) is 11.6 Å². The number of carbonyl (C=O) groups excluding carboxylic acids is 3. The lowest BCUT2D eigenvalue weighted by Gasteiger charge is -2.56. The number of rotatable bonds is 4. The number of carbonyl (C=O) groups is 3. The number of hydrogen-bond acceptors (Lipinski definition) is 4. The van der Waals surface area contributed by atoms with E-state index in [-0.39, 0.29) is 49.5 Å². The Kier molecular flexibility index (Phi) is 5.67. The van der Waals surface area contributed by atoms with Crippen LogP contribution in [0.25, 0.3) is 0 Å². The molecule has 4 rings (SSSR count). The van der Waals surface area contributed by atoms with Gasteiger partial charge in [0.05, 0.1) is 0 Å². The molecule has 1 aliphatic carbocycles. The van der Waals surface area contributed by atoms with E-state index in [1.54, 1.807) is 45.3 Å². The van der Waals surface area contributed by atoms with Gasteiger partial charge in [-0.25, -0.2) is 9.37 Å². The second-order valence-corrected chi connectivity index (χ2v) is 9.12. The highest BCUT2D eigenvalue weighted by molar-refractivity contribution is 6.30. The number of aromatic nitrogens is 1. The number of pyridine rings is 1. The molecule has 1 aliphatic heterocycles. The fraction of sp³-hybridized carbons (Fsp3) is 0.391. The molecule has 0 atom stereocenters. The summed E-state index contributed by atoms with van der Waals surface area (Å²) in [6, 6.07) is 8.31. The van der Waals surface area contributed by atoms with Gasteiger partial charge >= 0.3 is 0 Å². The standard InChI is InChI=1S/C23H24ClFN4O3/c1-14-8-18(25)20(26-11-14)28-13-19(30)29(12-15-4-6-17(24)7-5-15)23(22(28)32)9-16(10-23)21(31)27(2)3/h4-8,11,16H,9-10,12-13H2,1-3H3. The molecule has 7 nitrogen and oxygen atoms in total. The maximum atomic E-state index is 14.6. The molecule has 3 amide bonds. The van der Waals surface area contributed by atoms with Crippen LogP contribution in [0.1, 0.15) is 24.0 Å². The maximum absolute atomic E-state index is 14.6. The average molecular weight is 459 g/mol. The topological polar surface area (TPSA) is 73.8 Å². The first-order chi connectivity index (χ1) is 15.1. The first-order valence-electron chi connectivity index (χ1n) is 10.3. The Labute approximate surface area is 190 Å². The number of nitrogens with zero attached hydrogens (tertiary/aromatic N) is 4. The van der Waals surface area contributed by atoms with Crippen molar-refractivity contribution in [3.8, 4) is 0 Å². The molecule has 32 heavy (non-hydrogen) atoms. The van der Waals surface area contributed by atoms with Gasteiger partial charge in [0.1, 0.15) is 12.1 Å². The van der Waals surface area contributed by atoms with Crippen LogP contribution in [-0.2, 0) is 20.9 Å². The van der Waals surface area contributed by atoms with Gasteiger partial charge < -0.3 is 9.80 Å². The predicted molar refractivity (Wildman–Crippen MR) is 117 cm³/mol. The third-order valence-electron chi connectivity index (χ3n) is 6.18. The number of anilines is 1. The molecule has 2 aromatic rings. The lowest BCUT2D eigenvalue weighted by Crippen LogP contribution is -2.73. The Balaban J connectivity index is 1.69. The number of halogens is 2. The summed E-state index contributed by atoms with van der Waals surface area (Å²) in [5.41, 5.74) is 0.205. The molecule has 2 fully saturated rings. The zero-order valence-electron chi connectivity index (χ0n) is 18.1. The molecular formula is C23H24ClFN4O3. The summed E-state index contributed by atoms with van der Waals surface area (Å²) < 4.78 is 14.6. The number of amides is 3. The van der Waals surface area contributed by atoms with Crippen LogP contribution in [-0.4, -0.2) is 58.7 Å². The molecule has 1 aromatic carbocycles. The number of benzene rings is 1. The second kappa shape index (κ2) is 8.16. The molecule has 1 aromatic heterocycles. The summed E-state index contributed by atoms with van der Waals surface area (Å²) in [4.78, 5) is 47.6. The highest BCUT2D eigenvalue weighted by atomic mass is 35.5. The van der Waals surface area contributed by atoms with E-state index < -0.39 is 17.3 Å². The van der Waals surface area contributed by atoms with Gasteiger partial charge in [0.2, 0.25) is 11.8 Å². The van der Waals surface area contributed by atoms with Crippen molar-refractivity contribution in [3.05, 3.63) is 58.5 Å². The molecule has 2 aliphatic rings. The van der Waals surface area contributed by atoms with Gasteiger partial charge in [-0.1, -0.05) is 23.7 Å². The van der Waals surface area contributed by atoms with Crippen LogP contribution in [0.2, 0.25) is 5.02 Å². The predicted octanol–water partition coefficient (Wildman–Crippen LogP) is 2.79. The molecule has 2 heterocycles. The minimum absolute atomic E-state index is 0.0981. The molecule has 1 saturated carbocycles. The van der Waals surface area contributed by atoms with Gasteiger partial charge in [0, 0.05) is 37.8 Å². The van der Waals surface area contributed by atoms with Crippen LogP contribution >= 0.6 is 11.6 Å². The normalized spacial score (nSPS) is 22.8. The Morgan fingerprint density at radius 3 is 2.50 bits per heavy atom. The van der Waals surface area contributed by atoms with E-state index >= 15 is 0 Å². The molecule has 0 radical (unpaired) electrons. The van der Waals surface area contributed by atoms with Gasteiger partial charge in [-0.3, -0.25) is 19.3 Å². The third kappa shape index (κ3) is 3.72. The van der Waals surface area contributed by atoms with E-state index in [0.717, 1.165) is 10.5 Å². The van der Waals surface area contributed by atoms with E-state index in [9.17, 15) is 18.8 Å². The molecule has 1 saturated heterocycles. The van der Waals surface area contributed by atoms with E-state index in [1.807, 2.05) is 0 Å². The Morgan fingerprint density at radius 2 is 1.91 bits per heavy atom. The Hall–Kier alpha value is -3.00. The Bertz CT molecular complexity index is 1080. The Morgan fingerprint density at radius 1 is 1.25 bits per heavy atom. The van der Waals surface area contributed by atoms with Crippen molar-refractivity contribution in [2.75, 3.05) is 25.5 Å². The first-order valence-corrected chi connectivity index (χ1v) is 10.7. The van der Waals surface area contributed by atoms with E-state index in [2.05, 4.69) is 4.98 Å². The molecule has 168 valence electrons. The van der Waals surface area contributed by atoms with E-state index in [1.165, 1.54) is 22.1 Å². The fourth-order valence-electron chi connectivity index (χ4n) is 4.50. The SMILES string of the molecule is Cc1cnc(N2CC(=O)N(Cc3ccc(Cl)cc3)C3(CC(C(=O)N(C)C)C3)C2=O)c(F)c1. The van der Waals surface area contributed by atoms with Gasteiger partial charge in [0.25, 0.3) is 5.91 Å². The quantitative estimate of drug-likeness (QED) is 0.706. The van der Waals surface area contributed by atoms with Crippen LogP contribution in [0.15, 0.2) is 36.5 Å². The minimum Gasteiger partial charge on any atom is -0.349 e. The fourth-order valence-corrected chi connectivity index (χ4v) is 4.62. The van der Waals surface area contributed by atoms with Crippen molar-refractivity contribution in [1.29, 1.82) is 0 Å². The summed E-state index contributed by atoms with van der Waals surface area (Å²) in [5, 5.41) is 0.567. The average Bonchev–Trinajstić information content (AvgIpc) is 2.71. The van der Waals surface area contributed by atoms with Crippen molar-refractivity contribution < 1.29 is 18.8 Å². The van der Waals surface area contributed by atoms with Gasteiger partial charge in [-0.05, 0) is 49.1 Å². The molecule has 0 bridgehead atoms. The number of piperazine rings is 1. The summed E-state index contributed by atoms with van der Waals surface area (Å²) in [6.45, 7) is 1.58.